The Bertz CT molecular complexity index is 985. The Kier molecular flexibility index (Phi) is 6.14. The van der Waals surface area contributed by atoms with Gasteiger partial charge in [-0.3, -0.25) is 9.48 Å². The van der Waals surface area contributed by atoms with E-state index in [1.165, 1.54) is 4.31 Å². The molecule has 1 aliphatic rings. The van der Waals surface area contributed by atoms with Crippen molar-refractivity contribution in [3.8, 4) is 0 Å². The number of piperidine rings is 1. The minimum Gasteiger partial charge on any atom is -0.466 e. The molecule has 0 N–H and O–H groups in total. The minimum absolute atomic E-state index is 0.108. The zero-order valence-corrected chi connectivity index (χ0v) is 18.3. The summed E-state index contributed by atoms with van der Waals surface area (Å²) in [5.41, 5.74) is 1.17. The molecule has 1 saturated heterocycles. The first-order chi connectivity index (χ1) is 13.7. The fraction of sp³-hybridized carbons (Fsp3) is 0.524. The summed E-state index contributed by atoms with van der Waals surface area (Å²) < 4.78 is 35.4. The first-order valence-corrected chi connectivity index (χ1v) is 11.4. The van der Waals surface area contributed by atoms with E-state index in [0.29, 0.717) is 37.2 Å². The van der Waals surface area contributed by atoms with Crippen LogP contribution in [0.3, 0.4) is 0 Å². The Hall–Kier alpha value is -2.19. The lowest BCUT2D eigenvalue weighted by Crippen LogP contribution is -2.51. The second-order valence-electron chi connectivity index (χ2n) is 7.73. The van der Waals surface area contributed by atoms with Gasteiger partial charge < -0.3 is 4.74 Å². The third-order valence-corrected chi connectivity index (χ3v) is 7.77. The fourth-order valence-corrected chi connectivity index (χ4v) is 6.17. The van der Waals surface area contributed by atoms with Crippen molar-refractivity contribution < 1.29 is 17.9 Å². The van der Waals surface area contributed by atoms with Crippen molar-refractivity contribution in [3.05, 3.63) is 47.3 Å². The van der Waals surface area contributed by atoms with E-state index >= 15 is 0 Å². The van der Waals surface area contributed by atoms with Gasteiger partial charge in [-0.25, -0.2) is 8.42 Å². The molecule has 0 aliphatic carbocycles. The summed E-state index contributed by atoms with van der Waals surface area (Å²) >= 11 is 0. The number of benzene rings is 1. The number of nitrogens with zero attached hydrogens (tertiary/aromatic N) is 3. The Labute approximate surface area is 172 Å². The molecule has 0 unspecified atom stereocenters. The van der Waals surface area contributed by atoms with Crippen LogP contribution in [0.5, 0.6) is 0 Å². The summed E-state index contributed by atoms with van der Waals surface area (Å²) in [4.78, 5) is 13.2. The first kappa shape index (κ1) is 21.5. The number of rotatable bonds is 6. The molecular formula is C21H29N3O4S. The molecule has 0 bridgehead atoms. The minimum atomic E-state index is -3.77. The number of aromatic nitrogens is 2. The third-order valence-electron chi connectivity index (χ3n) is 5.68. The lowest BCUT2D eigenvalue weighted by Gasteiger charge is -2.40. The second-order valence-corrected chi connectivity index (χ2v) is 9.60. The molecule has 0 spiro atoms. The molecule has 0 amide bonds. The summed E-state index contributed by atoms with van der Waals surface area (Å²) in [7, 11) is -2.04. The van der Waals surface area contributed by atoms with Gasteiger partial charge in [-0.15, -0.1) is 0 Å². The smallest absolute Gasteiger partial charge is 0.313 e. The topological polar surface area (TPSA) is 81.5 Å². The van der Waals surface area contributed by atoms with Gasteiger partial charge in [0.1, 0.15) is 4.90 Å². The van der Waals surface area contributed by atoms with Gasteiger partial charge in [-0.05, 0) is 45.6 Å². The Morgan fingerprint density at radius 3 is 2.52 bits per heavy atom. The van der Waals surface area contributed by atoms with Crippen LogP contribution >= 0.6 is 0 Å². The molecule has 1 aromatic heterocycles. The molecule has 29 heavy (non-hydrogen) atoms. The van der Waals surface area contributed by atoms with Crippen molar-refractivity contribution in [2.75, 3.05) is 19.7 Å². The van der Waals surface area contributed by atoms with Crippen LogP contribution in [0.15, 0.2) is 35.2 Å². The van der Waals surface area contributed by atoms with Crippen molar-refractivity contribution in [3.63, 3.8) is 0 Å². The van der Waals surface area contributed by atoms with Gasteiger partial charge in [0.05, 0.1) is 23.4 Å². The van der Waals surface area contributed by atoms with E-state index in [-0.39, 0.29) is 24.0 Å². The Morgan fingerprint density at radius 2 is 1.93 bits per heavy atom. The number of aryl methyl sites for hydroxylation is 2. The van der Waals surface area contributed by atoms with Gasteiger partial charge in [0.15, 0.2) is 0 Å². The van der Waals surface area contributed by atoms with Gasteiger partial charge >= 0.3 is 5.97 Å². The van der Waals surface area contributed by atoms with Crippen molar-refractivity contribution in [1.82, 2.24) is 14.1 Å². The molecule has 2 heterocycles. The molecule has 1 fully saturated rings. The van der Waals surface area contributed by atoms with Crippen LogP contribution in [-0.2, 0) is 33.0 Å². The van der Waals surface area contributed by atoms with Crippen LogP contribution in [0.25, 0.3) is 0 Å². The monoisotopic (exact) mass is 419 g/mol. The molecule has 3 rings (SSSR count). The van der Waals surface area contributed by atoms with Crippen molar-refractivity contribution >= 4 is 16.0 Å². The summed E-state index contributed by atoms with van der Waals surface area (Å²) in [5.74, 6) is -0.330. The van der Waals surface area contributed by atoms with Gasteiger partial charge in [0.25, 0.3) is 0 Å². The second kappa shape index (κ2) is 8.28. The number of esters is 1. The zero-order chi connectivity index (χ0) is 21.2. The van der Waals surface area contributed by atoms with Crippen LogP contribution in [0, 0.1) is 19.3 Å². The summed E-state index contributed by atoms with van der Waals surface area (Å²) in [5, 5.41) is 4.26. The molecule has 1 aliphatic heterocycles. The molecular weight excluding hydrogens is 390 g/mol. The van der Waals surface area contributed by atoms with E-state index in [4.69, 9.17) is 4.74 Å². The van der Waals surface area contributed by atoms with Gasteiger partial charge in [0, 0.05) is 20.1 Å². The van der Waals surface area contributed by atoms with Crippen LogP contribution in [0.2, 0.25) is 0 Å². The lowest BCUT2D eigenvalue weighted by molar-refractivity contribution is -0.157. The normalized spacial score (nSPS) is 20.6. The summed E-state index contributed by atoms with van der Waals surface area (Å²) in [6, 6.07) is 9.70. The summed E-state index contributed by atoms with van der Waals surface area (Å²) in [6.45, 7) is 5.98. The number of ether oxygens (including phenoxy) is 1. The number of sulfonamides is 1. The van der Waals surface area contributed by atoms with E-state index in [2.05, 4.69) is 5.10 Å². The number of carbonyl (C=O) groups excluding carboxylic acids is 1. The largest absolute Gasteiger partial charge is 0.466 e. The van der Waals surface area contributed by atoms with Gasteiger partial charge in [-0.1, -0.05) is 30.3 Å². The highest BCUT2D eigenvalue weighted by atomic mass is 32.2. The number of carbonyl (C=O) groups is 1. The molecule has 8 heteroatoms. The molecule has 7 nitrogen and oxygen atoms in total. The van der Waals surface area contributed by atoms with Crippen LogP contribution in [-0.4, -0.2) is 48.2 Å². The highest BCUT2D eigenvalue weighted by Crippen LogP contribution is 2.38. The maximum Gasteiger partial charge on any atom is 0.313 e. The molecule has 1 atom stereocenters. The fourth-order valence-electron chi connectivity index (χ4n) is 4.21. The van der Waals surface area contributed by atoms with E-state index in [9.17, 15) is 13.2 Å². The maximum absolute atomic E-state index is 13.5. The molecule has 158 valence electrons. The van der Waals surface area contributed by atoms with Gasteiger partial charge in [-0.2, -0.15) is 9.40 Å². The van der Waals surface area contributed by atoms with Crippen LogP contribution in [0.4, 0.5) is 0 Å². The highest BCUT2D eigenvalue weighted by molar-refractivity contribution is 7.89. The van der Waals surface area contributed by atoms with Crippen molar-refractivity contribution in [1.29, 1.82) is 0 Å². The number of hydrogen-bond acceptors (Lipinski definition) is 5. The van der Waals surface area contributed by atoms with Crippen molar-refractivity contribution in [2.45, 2.75) is 44.9 Å². The SMILES string of the molecule is CCOC(=O)[C@@]1(Cc2ccccc2)CCCN(S(=O)(=O)c2c(C)nn(C)c2C)C1. The quantitative estimate of drug-likeness (QED) is 0.673. The number of hydrogen-bond donors (Lipinski definition) is 0. The van der Waals surface area contributed by atoms with Crippen molar-refractivity contribution in [2.24, 2.45) is 12.5 Å². The van der Waals surface area contributed by atoms with E-state index in [1.54, 1.807) is 32.5 Å². The van der Waals surface area contributed by atoms with Gasteiger partial charge in [0.2, 0.25) is 10.0 Å². The molecule has 1 aromatic carbocycles. The Balaban J connectivity index is 1.99. The molecule has 0 radical (unpaired) electrons. The zero-order valence-electron chi connectivity index (χ0n) is 17.5. The Morgan fingerprint density at radius 1 is 1.24 bits per heavy atom. The summed E-state index contributed by atoms with van der Waals surface area (Å²) in [6.07, 6.45) is 1.64. The average Bonchev–Trinajstić information content (AvgIpc) is 2.95. The highest BCUT2D eigenvalue weighted by Gasteiger charge is 2.47. The molecule has 0 saturated carbocycles. The van der Waals surface area contributed by atoms with E-state index < -0.39 is 15.4 Å². The predicted octanol–water partition coefficient (Wildman–Crippen LogP) is 2.61. The standard InChI is InChI=1S/C21H29N3O4S/c1-5-28-20(25)21(14-18-10-7-6-8-11-18)12-9-13-24(15-21)29(26,27)19-16(2)22-23(4)17(19)3/h6-8,10-11H,5,9,12-15H2,1-4H3/t21-/m1/s1. The van der Waals surface area contributed by atoms with Crippen LogP contribution in [0.1, 0.15) is 36.7 Å². The van der Waals surface area contributed by atoms with E-state index in [1.807, 2.05) is 30.3 Å². The van der Waals surface area contributed by atoms with E-state index in [0.717, 1.165) is 5.56 Å². The third kappa shape index (κ3) is 4.09. The predicted molar refractivity (Wildman–Crippen MR) is 110 cm³/mol. The average molecular weight is 420 g/mol. The first-order valence-electron chi connectivity index (χ1n) is 9.93. The molecule has 2 aromatic rings. The maximum atomic E-state index is 13.5. The van der Waals surface area contributed by atoms with Crippen LogP contribution < -0.4 is 0 Å². The lowest BCUT2D eigenvalue weighted by atomic mass is 9.75.